The van der Waals surface area contributed by atoms with Gasteiger partial charge in [0.2, 0.25) is 5.95 Å². The van der Waals surface area contributed by atoms with Crippen molar-refractivity contribution < 1.29 is 4.79 Å². The van der Waals surface area contributed by atoms with Crippen molar-refractivity contribution in [2.45, 2.75) is 6.54 Å². The standard InChI is InChI=1S/C23H17N5O2/c29-21(27-23-25-18-10-4-5-11-19(18)26-23)17-13-16-9-6-12-24-20(16)28(22(17)30)14-15-7-2-1-3-8-15/h1-13H,14H2,(H2,25,26,27,29). The molecule has 0 unspecified atom stereocenters. The van der Waals surface area contributed by atoms with Crippen LogP contribution in [0.3, 0.4) is 0 Å². The highest BCUT2D eigenvalue weighted by Gasteiger charge is 2.18. The van der Waals surface area contributed by atoms with Crippen molar-refractivity contribution in [3.05, 3.63) is 100 Å². The summed E-state index contributed by atoms with van der Waals surface area (Å²) in [7, 11) is 0. The van der Waals surface area contributed by atoms with Crippen LogP contribution in [0.1, 0.15) is 15.9 Å². The van der Waals surface area contributed by atoms with Gasteiger partial charge in [-0.2, -0.15) is 0 Å². The molecule has 0 aliphatic carbocycles. The number of para-hydroxylation sites is 2. The van der Waals surface area contributed by atoms with E-state index in [2.05, 4.69) is 20.3 Å². The number of carbonyl (C=O) groups is 1. The number of nitrogens with zero attached hydrogens (tertiary/aromatic N) is 3. The van der Waals surface area contributed by atoms with E-state index in [1.54, 1.807) is 18.3 Å². The fraction of sp³-hybridized carbons (Fsp3) is 0.0435. The van der Waals surface area contributed by atoms with Gasteiger partial charge in [-0.25, -0.2) is 9.97 Å². The Bertz CT molecular complexity index is 1400. The number of benzene rings is 2. The van der Waals surface area contributed by atoms with Gasteiger partial charge in [0.15, 0.2) is 0 Å². The third-order valence-corrected chi connectivity index (χ3v) is 4.90. The van der Waals surface area contributed by atoms with Crippen molar-refractivity contribution in [1.29, 1.82) is 0 Å². The molecular weight excluding hydrogens is 378 g/mol. The van der Waals surface area contributed by atoms with Gasteiger partial charge in [0.05, 0.1) is 17.6 Å². The second-order valence-electron chi connectivity index (χ2n) is 6.91. The third-order valence-electron chi connectivity index (χ3n) is 4.90. The van der Waals surface area contributed by atoms with E-state index < -0.39 is 11.5 Å². The Labute approximate surface area is 171 Å². The fourth-order valence-electron chi connectivity index (χ4n) is 3.47. The number of aromatic nitrogens is 4. The molecule has 2 N–H and O–H groups in total. The summed E-state index contributed by atoms with van der Waals surface area (Å²) >= 11 is 0. The summed E-state index contributed by atoms with van der Waals surface area (Å²) in [5.74, 6) is -0.229. The van der Waals surface area contributed by atoms with Gasteiger partial charge in [-0.05, 0) is 35.9 Å². The van der Waals surface area contributed by atoms with E-state index in [0.717, 1.165) is 16.6 Å². The zero-order chi connectivity index (χ0) is 20.5. The zero-order valence-electron chi connectivity index (χ0n) is 15.9. The van der Waals surface area contributed by atoms with Gasteiger partial charge in [-0.1, -0.05) is 42.5 Å². The van der Waals surface area contributed by atoms with Gasteiger partial charge in [0.25, 0.3) is 11.5 Å². The molecular formula is C23H17N5O2. The van der Waals surface area contributed by atoms with Gasteiger partial charge in [-0.15, -0.1) is 0 Å². The molecule has 0 spiro atoms. The highest BCUT2D eigenvalue weighted by Crippen LogP contribution is 2.16. The lowest BCUT2D eigenvalue weighted by atomic mass is 10.1. The summed E-state index contributed by atoms with van der Waals surface area (Å²) in [6, 6.07) is 22.2. The predicted octanol–water partition coefficient (Wildman–Crippen LogP) is 3.57. The number of carbonyl (C=O) groups excluding carboxylic acids is 1. The number of pyridine rings is 2. The minimum atomic E-state index is -0.522. The lowest BCUT2D eigenvalue weighted by molar-refractivity contribution is 0.102. The van der Waals surface area contributed by atoms with Crippen LogP contribution in [0.4, 0.5) is 5.95 Å². The van der Waals surface area contributed by atoms with Crippen LogP contribution in [0.15, 0.2) is 83.8 Å². The van der Waals surface area contributed by atoms with Gasteiger partial charge in [0, 0.05) is 11.6 Å². The molecule has 146 valence electrons. The van der Waals surface area contributed by atoms with Crippen molar-refractivity contribution in [3.63, 3.8) is 0 Å². The number of hydrogen-bond donors (Lipinski definition) is 2. The zero-order valence-corrected chi connectivity index (χ0v) is 15.9. The molecule has 3 heterocycles. The number of hydrogen-bond acceptors (Lipinski definition) is 4. The van der Waals surface area contributed by atoms with Crippen LogP contribution < -0.4 is 10.9 Å². The molecule has 0 saturated heterocycles. The topological polar surface area (TPSA) is 92.7 Å². The minimum absolute atomic E-state index is 0.0342. The Morgan fingerprint density at radius 1 is 1.00 bits per heavy atom. The van der Waals surface area contributed by atoms with E-state index in [1.165, 1.54) is 4.57 Å². The number of imidazole rings is 1. The lowest BCUT2D eigenvalue weighted by Gasteiger charge is -2.12. The first-order valence-corrected chi connectivity index (χ1v) is 9.47. The second-order valence-corrected chi connectivity index (χ2v) is 6.91. The molecule has 0 radical (unpaired) electrons. The Balaban J connectivity index is 1.57. The molecule has 7 heteroatoms. The van der Waals surface area contributed by atoms with Crippen LogP contribution in [0, 0.1) is 0 Å². The summed E-state index contributed by atoms with van der Waals surface area (Å²) in [6.07, 6.45) is 1.64. The van der Waals surface area contributed by atoms with Crippen molar-refractivity contribution in [3.8, 4) is 0 Å². The van der Waals surface area contributed by atoms with Gasteiger partial charge < -0.3 is 4.98 Å². The van der Waals surface area contributed by atoms with Crippen LogP contribution in [0.2, 0.25) is 0 Å². The normalized spacial score (nSPS) is 11.1. The van der Waals surface area contributed by atoms with Crippen LogP contribution in [-0.2, 0) is 6.54 Å². The highest BCUT2D eigenvalue weighted by atomic mass is 16.2. The van der Waals surface area contributed by atoms with E-state index in [9.17, 15) is 9.59 Å². The average Bonchev–Trinajstić information content (AvgIpc) is 3.18. The quantitative estimate of drug-likeness (QED) is 0.487. The fourth-order valence-corrected chi connectivity index (χ4v) is 3.47. The van der Waals surface area contributed by atoms with Gasteiger partial charge in [-0.3, -0.25) is 19.5 Å². The monoisotopic (exact) mass is 395 g/mol. The highest BCUT2D eigenvalue weighted by molar-refractivity contribution is 6.05. The predicted molar refractivity (Wildman–Crippen MR) is 116 cm³/mol. The van der Waals surface area contributed by atoms with Crippen molar-refractivity contribution in [1.82, 2.24) is 19.5 Å². The van der Waals surface area contributed by atoms with E-state index in [4.69, 9.17) is 0 Å². The van der Waals surface area contributed by atoms with Gasteiger partial charge in [0.1, 0.15) is 11.2 Å². The summed E-state index contributed by atoms with van der Waals surface area (Å²) in [4.78, 5) is 37.9. The summed E-state index contributed by atoms with van der Waals surface area (Å²) in [6.45, 7) is 0.318. The summed E-state index contributed by atoms with van der Waals surface area (Å²) in [5, 5.41) is 3.42. The lowest BCUT2D eigenvalue weighted by Crippen LogP contribution is -2.30. The molecule has 0 saturated carbocycles. The number of fused-ring (bicyclic) bond motifs is 2. The maximum atomic E-state index is 13.2. The second kappa shape index (κ2) is 7.29. The molecule has 0 aliphatic rings. The van der Waals surface area contributed by atoms with Crippen molar-refractivity contribution in [2.75, 3.05) is 5.32 Å². The molecule has 7 nitrogen and oxygen atoms in total. The molecule has 3 aromatic heterocycles. The van der Waals surface area contributed by atoms with Crippen LogP contribution in [0.5, 0.6) is 0 Å². The maximum Gasteiger partial charge on any atom is 0.265 e. The summed E-state index contributed by atoms with van der Waals surface area (Å²) < 4.78 is 1.53. The number of rotatable bonds is 4. The molecule has 0 bridgehead atoms. The number of amides is 1. The summed E-state index contributed by atoms with van der Waals surface area (Å²) in [5.41, 5.74) is 2.65. The number of H-pyrrole nitrogens is 1. The Morgan fingerprint density at radius 2 is 1.80 bits per heavy atom. The SMILES string of the molecule is O=C(Nc1nc2ccccc2[nH]1)c1cc2cccnc2n(Cc2ccccc2)c1=O. The Morgan fingerprint density at radius 3 is 2.63 bits per heavy atom. The molecule has 2 aromatic carbocycles. The molecule has 0 fully saturated rings. The number of anilines is 1. The molecule has 30 heavy (non-hydrogen) atoms. The molecule has 0 atom stereocenters. The first-order chi connectivity index (χ1) is 14.7. The number of nitrogens with one attached hydrogen (secondary N) is 2. The van der Waals surface area contributed by atoms with Crippen LogP contribution >= 0.6 is 0 Å². The van der Waals surface area contributed by atoms with Crippen molar-refractivity contribution >= 4 is 33.9 Å². The van der Waals surface area contributed by atoms with E-state index in [1.807, 2.05) is 60.7 Å². The minimum Gasteiger partial charge on any atom is -0.324 e. The van der Waals surface area contributed by atoms with Crippen molar-refractivity contribution in [2.24, 2.45) is 0 Å². The van der Waals surface area contributed by atoms with Gasteiger partial charge >= 0.3 is 0 Å². The van der Waals surface area contributed by atoms with E-state index in [-0.39, 0.29) is 5.56 Å². The molecule has 5 rings (SSSR count). The Hall–Kier alpha value is -4.26. The van der Waals surface area contributed by atoms with Crippen LogP contribution in [-0.4, -0.2) is 25.4 Å². The average molecular weight is 395 g/mol. The smallest absolute Gasteiger partial charge is 0.265 e. The van der Waals surface area contributed by atoms with Crippen LogP contribution in [0.25, 0.3) is 22.1 Å². The van der Waals surface area contributed by atoms with E-state index >= 15 is 0 Å². The largest absolute Gasteiger partial charge is 0.324 e. The first-order valence-electron chi connectivity index (χ1n) is 9.47. The molecule has 0 aliphatic heterocycles. The first kappa shape index (κ1) is 17.8. The van der Waals surface area contributed by atoms with E-state index in [0.29, 0.717) is 23.5 Å². The molecule has 5 aromatic rings. The Kier molecular flexibility index (Phi) is 4.33. The number of aromatic amines is 1. The maximum absolute atomic E-state index is 13.2. The molecule has 1 amide bonds. The third kappa shape index (κ3) is 3.22.